The fraction of sp³-hybridized carbons (Fsp3) is 0.958. The zero-order valence-corrected chi connectivity index (χ0v) is 17.6. The van der Waals surface area contributed by atoms with Gasteiger partial charge >= 0.3 is 5.97 Å². The van der Waals surface area contributed by atoms with Crippen LogP contribution in [0.1, 0.15) is 91.4 Å². The molecule has 4 aliphatic carbocycles. The van der Waals surface area contributed by atoms with Crippen LogP contribution >= 0.6 is 0 Å². The molecule has 2 unspecified atom stereocenters. The first-order chi connectivity index (χ1) is 12.8. The molecule has 0 aromatic carbocycles. The van der Waals surface area contributed by atoms with E-state index in [-0.39, 0.29) is 6.10 Å². The minimum absolute atomic E-state index is 0.0561. The first-order valence-corrected chi connectivity index (χ1v) is 11.7. The summed E-state index contributed by atoms with van der Waals surface area (Å²) in [4.78, 5) is 11.0. The van der Waals surface area contributed by atoms with Crippen LogP contribution in [0.3, 0.4) is 0 Å². The normalized spacial score (nSPS) is 50.4. The molecule has 154 valence electrons. The summed E-state index contributed by atoms with van der Waals surface area (Å²) in [6, 6.07) is 0. The Bertz CT molecular complexity index is 574. The van der Waals surface area contributed by atoms with E-state index >= 15 is 0 Å². The zero-order valence-electron chi connectivity index (χ0n) is 17.6. The van der Waals surface area contributed by atoms with Crippen LogP contribution in [-0.2, 0) is 4.79 Å². The molecule has 9 atom stereocenters. The van der Waals surface area contributed by atoms with Crippen molar-refractivity contribution in [3.63, 3.8) is 0 Å². The van der Waals surface area contributed by atoms with Gasteiger partial charge in [-0.05, 0) is 111 Å². The molecule has 3 heteroatoms. The SMILES string of the molecule is C[C@H](CCC(=O)O)[C@H]1CC[C@H]2[C@@H]3CCC4C[C@H](O)CC[C@]4(C)C3CC[C@]12C. The van der Waals surface area contributed by atoms with Crippen molar-refractivity contribution in [1.29, 1.82) is 0 Å². The Labute approximate surface area is 165 Å². The van der Waals surface area contributed by atoms with Gasteiger partial charge in [0.2, 0.25) is 0 Å². The van der Waals surface area contributed by atoms with Crippen LogP contribution in [0.15, 0.2) is 0 Å². The molecule has 0 spiro atoms. The molecule has 2 N–H and O–H groups in total. The number of carboxylic acid groups (broad SMARTS) is 1. The first kappa shape index (κ1) is 19.7. The number of fused-ring (bicyclic) bond motifs is 5. The standard InChI is InChI=1S/C24H40O3/c1-15(4-9-22(26)27)19-7-8-20-18-6-5-16-14-17(25)10-12-23(16,2)21(18)11-13-24(19,20)3/h15-21,25H,4-14H2,1-3H3,(H,26,27)/t15-,16?,17-,18+,19-,20+,21?,23+,24-/m1/s1. The molecule has 4 rings (SSSR count). The monoisotopic (exact) mass is 376 g/mol. The highest BCUT2D eigenvalue weighted by molar-refractivity contribution is 5.66. The number of carboxylic acids is 1. The maximum Gasteiger partial charge on any atom is 0.303 e. The fourth-order valence-electron chi connectivity index (χ4n) is 8.76. The Morgan fingerprint density at radius 1 is 1.00 bits per heavy atom. The van der Waals surface area contributed by atoms with Crippen molar-refractivity contribution in [2.24, 2.45) is 46.3 Å². The molecule has 0 bridgehead atoms. The van der Waals surface area contributed by atoms with Crippen LogP contribution in [-0.4, -0.2) is 22.3 Å². The lowest BCUT2D eigenvalue weighted by Crippen LogP contribution is -2.54. The van der Waals surface area contributed by atoms with Gasteiger partial charge in [0.05, 0.1) is 6.10 Å². The van der Waals surface area contributed by atoms with Crippen molar-refractivity contribution in [3.05, 3.63) is 0 Å². The summed E-state index contributed by atoms with van der Waals surface area (Å²) in [5.74, 6) is 3.91. The maximum atomic E-state index is 11.0. The molecular formula is C24H40O3. The highest BCUT2D eigenvalue weighted by Gasteiger charge is 2.60. The van der Waals surface area contributed by atoms with Gasteiger partial charge in [0.1, 0.15) is 0 Å². The molecule has 0 heterocycles. The van der Waals surface area contributed by atoms with Crippen molar-refractivity contribution < 1.29 is 15.0 Å². The third kappa shape index (κ3) is 3.16. The Balaban J connectivity index is 1.51. The minimum Gasteiger partial charge on any atom is -0.481 e. The van der Waals surface area contributed by atoms with E-state index < -0.39 is 5.97 Å². The van der Waals surface area contributed by atoms with Gasteiger partial charge in [-0.2, -0.15) is 0 Å². The molecule has 0 amide bonds. The Morgan fingerprint density at radius 2 is 1.70 bits per heavy atom. The molecule has 3 nitrogen and oxygen atoms in total. The van der Waals surface area contributed by atoms with E-state index in [9.17, 15) is 9.90 Å². The van der Waals surface area contributed by atoms with E-state index in [1.165, 1.54) is 44.9 Å². The number of carbonyl (C=O) groups is 1. The largest absolute Gasteiger partial charge is 0.481 e. The zero-order chi connectivity index (χ0) is 19.4. The predicted molar refractivity (Wildman–Crippen MR) is 107 cm³/mol. The molecule has 0 aliphatic heterocycles. The predicted octanol–water partition coefficient (Wildman–Crippen LogP) is 5.51. The topological polar surface area (TPSA) is 57.5 Å². The lowest BCUT2D eigenvalue weighted by atomic mass is 9.44. The number of hydrogen-bond donors (Lipinski definition) is 2. The van der Waals surface area contributed by atoms with E-state index in [0.717, 1.165) is 42.9 Å². The Morgan fingerprint density at radius 3 is 2.44 bits per heavy atom. The smallest absolute Gasteiger partial charge is 0.303 e. The molecule has 0 aromatic rings. The molecule has 0 aromatic heterocycles. The summed E-state index contributed by atoms with van der Waals surface area (Å²) in [5, 5.41) is 19.3. The average molecular weight is 377 g/mol. The van der Waals surface area contributed by atoms with Crippen LogP contribution in [0.2, 0.25) is 0 Å². The number of hydrogen-bond acceptors (Lipinski definition) is 2. The number of aliphatic carboxylic acids is 1. The van der Waals surface area contributed by atoms with Crippen LogP contribution < -0.4 is 0 Å². The van der Waals surface area contributed by atoms with Gasteiger partial charge in [0.25, 0.3) is 0 Å². The van der Waals surface area contributed by atoms with Gasteiger partial charge in [-0.3, -0.25) is 4.79 Å². The third-order valence-corrected chi connectivity index (χ3v) is 10.2. The molecule has 4 saturated carbocycles. The lowest BCUT2D eigenvalue weighted by Gasteiger charge is -2.61. The number of rotatable bonds is 4. The van der Waals surface area contributed by atoms with Gasteiger partial charge in [-0.25, -0.2) is 0 Å². The second-order valence-corrected chi connectivity index (χ2v) is 11.2. The summed E-state index contributed by atoms with van der Waals surface area (Å²) in [6.07, 6.45) is 12.4. The van der Waals surface area contributed by atoms with E-state index in [4.69, 9.17) is 5.11 Å². The van der Waals surface area contributed by atoms with E-state index in [1.807, 2.05) is 0 Å². The first-order valence-electron chi connectivity index (χ1n) is 11.7. The summed E-state index contributed by atoms with van der Waals surface area (Å²) < 4.78 is 0. The van der Waals surface area contributed by atoms with Crippen LogP contribution in [0.5, 0.6) is 0 Å². The van der Waals surface area contributed by atoms with Gasteiger partial charge in [-0.1, -0.05) is 20.8 Å². The molecule has 0 radical (unpaired) electrons. The minimum atomic E-state index is -0.643. The summed E-state index contributed by atoms with van der Waals surface area (Å²) in [7, 11) is 0. The number of aliphatic hydroxyl groups excluding tert-OH is 1. The third-order valence-electron chi connectivity index (χ3n) is 10.2. The van der Waals surface area contributed by atoms with Gasteiger partial charge in [0, 0.05) is 6.42 Å². The summed E-state index contributed by atoms with van der Waals surface area (Å²) >= 11 is 0. The Kier molecular flexibility index (Phi) is 5.15. The van der Waals surface area contributed by atoms with Crippen LogP contribution in [0.4, 0.5) is 0 Å². The van der Waals surface area contributed by atoms with E-state index in [2.05, 4.69) is 20.8 Å². The van der Waals surface area contributed by atoms with Crippen molar-refractivity contribution in [1.82, 2.24) is 0 Å². The van der Waals surface area contributed by atoms with Crippen molar-refractivity contribution in [3.8, 4) is 0 Å². The maximum absolute atomic E-state index is 11.0. The van der Waals surface area contributed by atoms with Crippen molar-refractivity contribution >= 4 is 5.97 Å². The quantitative estimate of drug-likeness (QED) is 0.680. The van der Waals surface area contributed by atoms with E-state index in [0.29, 0.717) is 29.1 Å². The lowest BCUT2D eigenvalue weighted by molar-refractivity contribution is -0.138. The average Bonchev–Trinajstić information content (AvgIpc) is 2.97. The van der Waals surface area contributed by atoms with Crippen molar-refractivity contribution in [2.45, 2.75) is 97.5 Å². The van der Waals surface area contributed by atoms with Gasteiger partial charge in [-0.15, -0.1) is 0 Å². The molecule has 4 fully saturated rings. The molecule has 4 aliphatic rings. The fourth-order valence-corrected chi connectivity index (χ4v) is 8.76. The number of aliphatic hydroxyl groups is 1. The highest BCUT2D eigenvalue weighted by Crippen LogP contribution is 2.68. The van der Waals surface area contributed by atoms with Gasteiger partial charge in [0.15, 0.2) is 0 Å². The Hall–Kier alpha value is -0.570. The van der Waals surface area contributed by atoms with E-state index in [1.54, 1.807) is 0 Å². The second-order valence-electron chi connectivity index (χ2n) is 11.2. The summed E-state index contributed by atoms with van der Waals surface area (Å²) in [5.41, 5.74) is 0.882. The van der Waals surface area contributed by atoms with Crippen LogP contribution in [0, 0.1) is 46.3 Å². The molecular weight excluding hydrogens is 336 g/mol. The molecule has 0 saturated heterocycles. The highest BCUT2D eigenvalue weighted by atomic mass is 16.4. The second kappa shape index (κ2) is 7.04. The van der Waals surface area contributed by atoms with Crippen molar-refractivity contribution in [2.75, 3.05) is 0 Å². The summed E-state index contributed by atoms with van der Waals surface area (Å²) in [6.45, 7) is 7.43. The van der Waals surface area contributed by atoms with Crippen LogP contribution in [0.25, 0.3) is 0 Å². The van der Waals surface area contributed by atoms with Gasteiger partial charge < -0.3 is 10.2 Å². The molecule has 27 heavy (non-hydrogen) atoms.